The third-order valence-electron chi connectivity index (χ3n) is 4.15. The van der Waals surface area contributed by atoms with Crippen molar-refractivity contribution in [2.75, 3.05) is 17.7 Å². The van der Waals surface area contributed by atoms with Gasteiger partial charge in [-0.05, 0) is 48.9 Å². The molecule has 144 valence electrons. The lowest BCUT2D eigenvalue weighted by atomic mass is 10.1. The lowest BCUT2D eigenvalue weighted by molar-refractivity contribution is 0.102. The molecule has 3 aromatic rings. The molecule has 2 amide bonds. The molecular weight excluding hydrogens is 368 g/mol. The van der Waals surface area contributed by atoms with E-state index in [4.69, 9.17) is 10.00 Å². The number of amides is 2. The Kier molecular flexibility index (Phi) is 5.85. The minimum absolute atomic E-state index is 0.0570. The second-order valence-electron chi connectivity index (χ2n) is 6.20. The van der Waals surface area contributed by atoms with Crippen molar-refractivity contribution in [3.63, 3.8) is 0 Å². The number of pyridine rings is 1. The first-order valence-electron chi connectivity index (χ1n) is 8.74. The first-order valence-corrected chi connectivity index (χ1v) is 8.74. The number of benzene rings is 2. The van der Waals surface area contributed by atoms with Crippen LogP contribution in [0.5, 0.6) is 5.75 Å². The Balaban J connectivity index is 1.80. The van der Waals surface area contributed by atoms with E-state index in [2.05, 4.69) is 15.6 Å². The summed E-state index contributed by atoms with van der Waals surface area (Å²) in [6.45, 7) is 1.91. The van der Waals surface area contributed by atoms with Crippen LogP contribution in [0.3, 0.4) is 0 Å². The van der Waals surface area contributed by atoms with E-state index in [1.54, 1.807) is 36.4 Å². The maximum atomic E-state index is 12.7. The van der Waals surface area contributed by atoms with Crippen LogP contribution < -0.4 is 15.4 Å². The van der Waals surface area contributed by atoms with Crippen LogP contribution in [0.4, 0.5) is 11.4 Å². The summed E-state index contributed by atoms with van der Waals surface area (Å²) in [7, 11) is 1.52. The van der Waals surface area contributed by atoms with Crippen molar-refractivity contribution in [1.82, 2.24) is 4.98 Å². The topological polar surface area (TPSA) is 104 Å². The number of hydrogen-bond acceptors (Lipinski definition) is 5. The van der Waals surface area contributed by atoms with Gasteiger partial charge >= 0.3 is 0 Å². The number of nitrogens with one attached hydrogen (secondary N) is 2. The second-order valence-corrected chi connectivity index (χ2v) is 6.20. The number of rotatable bonds is 5. The molecule has 1 heterocycles. The summed E-state index contributed by atoms with van der Waals surface area (Å²) in [6, 6.07) is 17.0. The van der Waals surface area contributed by atoms with Crippen molar-refractivity contribution in [3.05, 3.63) is 83.2 Å². The van der Waals surface area contributed by atoms with E-state index in [0.717, 1.165) is 5.56 Å². The summed E-state index contributed by atoms with van der Waals surface area (Å²) in [4.78, 5) is 29.2. The predicted octanol–water partition coefficient (Wildman–Crippen LogP) is 3.77. The molecule has 0 radical (unpaired) electrons. The van der Waals surface area contributed by atoms with Gasteiger partial charge in [0.15, 0.2) is 0 Å². The van der Waals surface area contributed by atoms with Crippen LogP contribution in [0.1, 0.15) is 32.0 Å². The molecule has 0 aliphatic carbocycles. The van der Waals surface area contributed by atoms with Crippen LogP contribution in [0.25, 0.3) is 0 Å². The average Bonchev–Trinajstić information content (AvgIpc) is 2.74. The molecule has 0 atom stereocenters. The number of aryl methyl sites for hydroxylation is 1. The van der Waals surface area contributed by atoms with Crippen molar-refractivity contribution in [2.45, 2.75) is 6.92 Å². The van der Waals surface area contributed by atoms with E-state index in [1.807, 2.05) is 19.1 Å². The summed E-state index contributed by atoms with van der Waals surface area (Å²) >= 11 is 0. The zero-order valence-electron chi connectivity index (χ0n) is 15.9. The third-order valence-corrected chi connectivity index (χ3v) is 4.15. The number of carbonyl (C=O) groups is 2. The molecule has 0 unspecified atom stereocenters. The predicted molar refractivity (Wildman–Crippen MR) is 109 cm³/mol. The fraction of sp³-hybridized carbons (Fsp3) is 0.0909. The number of anilines is 2. The Hall–Kier alpha value is -4.18. The summed E-state index contributed by atoms with van der Waals surface area (Å²) in [5.41, 5.74) is 2.53. The van der Waals surface area contributed by atoms with Gasteiger partial charge in [0.2, 0.25) is 0 Å². The Morgan fingerprint density at radius 3 is 2.52 bits per heavy atom. The molecule has 0 saturated carbocycles. The Morgan fingerprint density at radius 1 is 1.00 bits per heavy atom. The van der Waals surface area contributed by atoms with Gasteiger partial charge in [0.1, 0.15) is 17.5 Å². The van der Waals surface area contributed by atoms with Gasteiger partial charge in [-0.25, -0.2) is 0 Å². The molecule has 7 nitrogen and oxygen atoms in total. The monoisotopic (exact) mass is 386 g/mol. The molecule has 2 N–H and O–H groups in total. The fourth-order valence-corrected chi connectivity index (χ4v) is 2.69. The van der Waals surface area contributed by atoms with E-state index >= 15 is 0 Å². The Bertz CT molecular complexity index is 1120. The molecule has 1 aromatic heterocycles. The van der Waals surface area contributed by atoms with Gasteiger partial charge in [0.05, 0.1) is 24.0 Å². The number of ether oxygens (including phenoxy) is 1. The van der Waals surface area contributed by atoms with Crippen molar-refractivity contribution in [2.24, 2.45) is 0 Å². The first kappa shape index (κ1) is 19.6. The van der Waals surface area contributed by atoms with Gasteiger partial charge in [-0.2, -0.15) is 5.26 Å². The van der Waals surface area contributed by atoms with Gasteiger partial charge < -0.3 is 15.4 Å². The number of para-hydroxylation sites is 1. The molecule has 0 aliphatic heterocycles. The lowest BCUT2D eigenvalue weighted by Gasteiger charge is -2.11. The summed E-state index contributed by atoms with van der Waals surface area (Å²) < 4.78 is 5.27. The zero-order chi connectivity index (χ0) is 20.8. The average molecular weight is 386 g/mol. The number of hydrogen-bond donors (Lipinski definition) is 2. The number of nitriles is 1. The highest BCUT2D eigenvalue weighted by Crippen LogP contribution is 2.25. The molecule has 0 saturated heterocycles. The lowest BCUT2D eigenvalue weighted by Crippen LogP contribution is -2.17. The summed E-state index contributed by atoms with van der Waals surface area (Å²) in [5.74, 6) is -0.387. The van der Waals surface area contributed by atoms with Crippen molar-refractivity contribution in [1.29, 1.82) is 5.26 Å². The smallest absolute Gasteiger partial charge is 0.274 e. The summed E-state index contributed by atoms with van der Waals surface area (Å²) in [6.07, 6.45) is 1.38. The van der Waals surface area contributed by atoms with Gasteiger partial charge in [0, 0.05) is 11.8 Å². The number of nitrogens with zero attached hydrogens (tertiary/aromatic N) is 2. The largest absolute Gasteiger partial charge is 0.495 e. The number of methoxy groups -OCH3 is 1. The van der Waals surface area contributed by atoms with Crippen LogP contribution in [0.15, 0.2) is 60.8 Å². The number of carbonyl (C=O) groups excluding carboxylic acids is 2. The van der Waals surface area contributed by atoms with Gasteiger partial charge in [-0.15, -0.1) is 0 Å². The Morgan fingerprint density at radius 2 is 1.76 bits per heavy atom. The van der Waals surface area contributed by atoms with E-state index in [-0.39, 0.29) is 11.3 Å². The molecule has 0 bridgehead atoms. The van der Waals surface area contributed by atoms with E-state index in [0.29, 0.717) is 22.7 Å². The van der Waals surface area contributed by atoms with E-state index in [9.17, 15) is 9.59 Å². The quantitative estimate of drug-likeness (QED) is 0.694. The third kappa shape index (κ3) is 4.57. The van der Waals surface area contributed by atoms with E-state index < -0.39 is 11.8 Å². The molecule has 0 fully saturated rings. The maximum Gasteiger partial charge on any atom is 0.274 e. The first-order chi connectivity index (χ1) is 14.0. The van der Waals surface area contributed by atoms with Crippen LogP contribution in [-0.2, 0) is 0 Å². The van der Waals surface area contributed by atoms with Crippen LogP contribution in [-0.4, -0.2) is 23.9 Å². The number of aromatic nitrogens is 1. The molecule has 7 heteroatoms. The molecular formula is C22H18N4O3. The van der Waals surface area contributed by atoms with E-state index in [1.165, 1.54) is 25.4 Å². The van der Waals surface area contributed by atoms with Gasteiger partial charge in [-0.3, -0.25) is 14.6 Å². The maximum absolute atomic E-state index is 12.7. The molecule has 29 heavy (non-hydrogen) atoms. The second kappa shape index (κ2) is 8.67. The van der Waals surface area contributed by atoms with Crippen molar-refractivity contribution >= 4 is 23.2 Å². The molecule has 0 aliphatic rings. The highest BCUT2D eigenvalue weighted by molar-refractivity contribution is 6.08. The Labute approximate surface area is 168 Å². The van der Waals surface area contributed by atoms with Crippen LogP contribution in [0, 0.1) is 18.3 Å². The minimum atomic E-state index is -0.518. The normalized spacial score (nSPS) is 9.97. The van der Waals surface area contributed by atoms with Crippen molar-refractivity contribution < 1.29 is 14.3 Å². The minimum Gasteiger partial charge on any atom is -0.495 e. The van der Waals surface area contributed by atoms with Gasteiger partial charge in [-0.1, -0.05) is 18.2 Å². The molecule has 2 aromatic carbocycles. The molecule has 3 rings (SSSR count). The van der Waals surface area contributed by atoms with Crippen LogP contribution in [0.2, 0.25) is 0 Å². The highest BCUT2D eigenvalue weighted by atomic mass is 16.5. The van der Waals surface area contributed by atoms with Crippen molar-refractivity contribution in [3.8, 4) is 11.8 Å². The van der Waals surface area contributed by atoms with Gasteiger partial charge in [0.25, 0.3) is 11.8 Å². The SMILES string of the molecule is COc1ccc(C)cc1NC(=O)c1ccnc(C(=O)Nc2ccccc2C#N)c1. The highest BCUT2D eigenvalue weighted by Gasteiger charge is 2.15. The summed E-state index contributed by atoms with van der Waals surface area (Å²) in [5, 5.41) is 14.6. The fourth-order valence-electron chi connectivity index (χ4n) is 2.69. The van der Waals surface area contributed by atoms with Crippen LogP contribution >= 0.6 is 0 Å². The zero-order valence-corrected chi connectivity index (χ0v) is 15.9. The standard InChI is InChI=1S/C22H18N4O3/c1-14-7-8-20(29-2)18(11-14)26-21(27)15-9-10-24-19(12-15)22(28)25-17-6-4-3-5-16(17)13-23/h3-12H,1-2H3,(H,25,28)(H,26,27). The molecule has 0 spiro atoms.